The van der Waals surface area contributed by atoms with Crippen LogP contribution in [-0.2, 0) is 14.4 Å². The molecule has 3 aromatic heterocycles. The molecule has 0 aliphatic rings. The molecule has 0 unspecified atom stereocenters. The Balaban J connectivity index is 1.58. The predicted octanol–water partition coefficient (Wildman–Crippen LogP) is -0.0572. The zero-order valence-corrected chi connectivity index (χ0v) is 28.4. The van der Waals surface area contributed by atoms with E-state index in [1.165, 1.54) is 11.8 Å². The van der Waals surface area contributed by atoms with Crippen LogP contribution in [0.25, 0.3) is 0 Å². The average Bonchev–Trinajstić information content (AvgIpc) is 3.03. The number of nitrogen functional groups attached to an aromatic ring is 1. The third kappa shape index (κ3) is 16.3. The first-order valence-electron chi connectivity index (χ1n) is 14.6. The molecule has 0 fully saturated rings. The second-order valence-electron chi connectivity index (χ2n) is 9.23. The van der Waals surface area contributed by atoms with Gasteiger partial charge in [-0.05, 0) is 0 Å². The quantitative estimate of drug-likeness (QED) is 0.0402. The van der Waals surface area contributed by atoms with Crippen LogP contribution >= 0.6 is 35.3 Å². The molecule has 0 aliphatic heterocycles. The van der Waals surface area contributed by atoms with Gasteiger partial charge in [-0.1, -0.05) is 35.3 Å². The van der Waals surface area contributed by atoms with Gasteiger partial charge in [-0.15, -0.1) is 0 Å². The Hall–Kier alpha value is -4.75. The zero-order valence-electron chi connectivity index (χ0n) is 26.0. The van der Waals surface area contributed by atoms with Crippen molar-refractivity contribution in [3.63, 3.8) is 0 Å². The second kappa shape index (κ2) is 21.3. The smallest absolute Gasteiger partial charge is 0.304 e. The van der Waals surface area contributed by atoms with E-state index in [-0.39, 0.29) is 66.3 Å². The second-order valence-corrected chi connectivity index (χ2v) is 12.4. The van der Waals surface area contributed by atoms with Gasteiger partial charge in [-0.25, -0.2) is 0 Å². The van der Waals surface area contributed by atoms with Gasteiger partial charge in [-0.2, -0.15) is 44.9 Å². The van der Waals surface area contributed by atoms with Crippen molar-refractivity contribution in [3.8, 4) is 0 Å². The van der Waals surface area contributed by atoms with E-state index in [4.69, 9.17) is 26.8 Å². The Kier molecular flexibility index (Phi) is 16.8. The summed E-state index contributed by atoms with van der Waals surface area (Å²) in [5, 5.41) is 43.0. The van der Waals surface area contributed by atoms with E-state index in [1.807, 2.05) is 0 Å². The van der Waals surface area contributed by atoms with E-state index in [0.29, 0.717) is 60.7 Å². The van der Waals surface area contributed by atoms with E-state index < -0.39 is 17.9 Å². The molecule has 0 aromatic carbocycles. The highest BCUT2D eigenvalue weighted by Crippen LogP contribution is 2.19. The fraction of sp³-hybridized carbons (Fsp3) is 0.500. The molecular formula is C24H36N16O6S3. The fourth-order valence-corrected chi connectivity index (χ4v) is 5.54. The summed E-state index contributed by atoms with van der Waals surface area (Å²) in [6.45, 7) is 2.12. The average molecular weight is 741 g/mol. The summed E-state index contributed by atoms with van der Waals surface area (Å²) < 4.78 is 0. The third-order valence-electron chi connectivity index (χ3n) is 5.31. The molecule has 0 radical (unpaired) electrons. The van der Waals surface area contributed by atoms with Gasteiger partial charge in [-0.3, -0.25) is 14.4 Å². The number of hydrogen-bond acceptors (Lipinski definition) is 22. The van der Waals surface area contributed by atoms with E-state index in [1.54, 1.807) is 0 Å². The van der Waals surface area contributed by atoms with Gasteiger partial charge in [0.05, 0.1) is 19.3 Å². The monoisotopic (exact) mass is 740 g/mol. The van der Waals surface area contributed by atoms with E-state index in [2.05, 4.69) is 71.4 Å². The third-order valence-corrected chi connectivity index (χ3v) is 7.86. The van der Waals surface area contributed by atoms with Gasteiger partial charge in [0.2, 0.25) is 35.7 Å². The Labute approximate surface area is 292 Å². The summed E-state index contributed by atoms with van der Waals surface area (Å²) >= 11 is 3.50. The van der Waals surface area contributed by atoms with Crippen LogP contribution in [0.15, 0.2) is 15.5 Å². The van der Waals surface area contributed by atoms with Crippen molar-refractivity contribution < 1.29 is 29.7 Å². The Morgan fingerprint density at radius 3 is 1.12 bits per heavy atom. The van der Waals surface area contributed by atoms with Crippen molar-refractivity contribution in [1.82, 2.24) is 44.9 Å². The van der Waals surface area contributed by atoms with Crippen LogP contribution < -0.4 is 38.1 Å². The summed E-state index contributed by atoms with van der Waals surface area (Å²) in [5.41, 5.74) is 11.3. The molecule has 12 N–H and O–H groups in total. The maximum atomic E-state index is 11.0. The minimum absolute atomic E-state index is 0.0109. The molecule has 25 heteroatoms. The molecule has 3 rings (SSSR count). The van der Waals surface area contributed by atoms with Crippen LogP contribution in [0.5, 0.6) is 0 Å². The Morgan fingerprint density at radius 2 is 0.796 bits per heavy atom. The number of carboxylic acid groups (broad SMARTS) is 3. The van der Waals surface area contributed by atoms with Crippen molar-refractivity contribution >= 4 is 88.9 Å². The first-order valence-corrected chi connectivity index (χ1v) is 17.5. The highest BCUT2D eigenvalue weighted by atomic mass is 32.2. The van der Waals surface area contributed by atoms with Gasteiger partial charge in [0.15, 0.2) is 15.5 Å². The summed E-state index contributed by atoms with van der Waals surface area (Å²) in [4.78, 5) is 71.0. The first-order chi connectivity index (χ1) is 23.6. The lowest BCUT2D eigenvalue weighted by molar-refractivity contribution is -0.137. The number of hydrogen-bond donors (Lipinski definition) is 10. The molecular weight excluding hydrogens is 705 g/mol. The number of anilines is 6. The summed E-state index contributed by atoms with van der Waals surface area (Å²) in [6, 6.07) is 0. The van der Waals surface area contributed by atoms with E-state index in [9.17, 15) is 14.4 Å². The number of rotatable bonds is 25. The van der Waals surface area contributed by atoms with Crippen molar-refractivity contribution in [1.29, 1.82) is 0 Å². The zero-order chi connectivity index (χ0) is 35.4. The van der Waals surface area contributed by atoms with Crippen LogP contribution in [0.2, 0.25) is 0 Å². The molecule has 0 amide bonds. The van der Waals surface area contributed by atoms with Gasteiger partial charge >= 0.3 is 17.9 Å². The first kappa shape index (κ1) is 38.7. The van der Waals surface area contributed by atoms with Crippen molar-refractivity contribution in [2.24, 2.45) is 5.73 Å². The minimum Gasteiger partial charge on any atom is -0.481 e. The molecule has 0 saturated heterocycles. The number of carbonyl (C=O) groups is 3. The number of carboxylic acids is 3. The van der Waals surface area contributed by atoms with Crippen molar-refractivity contribution in [3.05, 3.63) is 0 Å². The van der Waals surface area contributed by atoms with E-state index in [0.717, 1.165) is 23.5 Å². The number of nitrogens with two attached hydrogens (primary N) is 2. The normalized spacial score (nSPS) is 10.7. The van der Waals surface area contributed by atoms with Crippen LogP contribution in [0.4, 0.5) is 35.7 Å². The molecule has 0 bridgehead atoms. The molecule has 266 valence electrons. The summed E-state index contributed by atoms with van der Waals surface area (Å²) in [6.07, 6.45) is -0.174. The molecule has 3 heterocycles. The number of nitrogens with zero attached hydrogens (tertiary/aromatic N) is 9. The van der Waals surface area contributed by atoms with Gasteiger partial charge in [0.1, 0.15) is 0 Å². The minimum atomic E-state index is -0.944. The van der Waals surface area contributed by atoms with Crippen LogP contribution in [0, 0.1) is 0 Å². The van der Waals surface area contributed by atoms with Gasteiger partial charge in [0, 0.05) is 56.5 Å². The topological polar surface area (TPSA) is 340 Å². The van der Waals surface area contributed by atoms with Crippen molar-refractivity contribution in [2.75, 3.05) is 88.8 Å². The Bertz CT molecular complexity index is 1540. The standard InChI is InChI=1S/C24H36N16O6S3/c25-4-5-27-18-34-19(38-23(37-18)48-11-2-14(43)44)30-8-9-31-21-35-20(39-24(40-21)49-12-3-15(45)46)29-7-6-28-17-32-16(26)33-22(36-17)47-10-1-13(41)42/h1-12,25H2,(H,41,42)(H,43,44)(H,45,46)(H3,26,28,32,33,36)(H2,27,30,34,37,38)(H2,29,31,35,39,40). The molecule has 0 saturated carbocycles. The van der Waals surface area contributed by atoms with E-state index >= 15 is 0 Å². The molecule has 49 heavy (non-hydrogen) atoms. The van der Waals surface area contributed by atoms with Crippen molar-refractivity contribution in [2.45, 2.75) is 34.7 Å². The highest BCUT2D eigenvalue weighted by Gasteiger charge is 2.11. The predicted molar refractivity (Wildman–Crippen MR) is 184 cm³/mol. The maximum Gasteiger partial charge on any atom is 0.304 e. The van der Waals surface area contributed by atoms with Crippen LogP contribution in [-0.4, -0.2) is 135 Å². The molecule has 0 aliphatic carbocycles. The van der Waals surface area contributed by atoms with Crippen LogP contribution in [0.1, 0.15) is 19.3 Å². The lowest BCUT2D eigenvalue weighted by Crippen LogP contribution is -2.20. The molecule has 22 nitrogen and oxygen atoms in total. The molecule has 0 spiro atoms. The SMILES string of the molecule is NCCNc1nc(NCCNc2nc(NCCNc3nc(N)nc(SCCC(=O)O)n3)nc(SCCC(=O)O)n2)nc(SCCC(=O)O)n1. The maximum absolute atomic E-state index is 11.0. The fourth-order valence-electron chi connectivity index (χ4n) is 3.24. The highest BCUT2D eigenvalue weighted by molar-refractivity contribution is 7.99. The van der Waals surface area contributed by atoms with Gasteiger partial charge in [0.25, 0.3) is 0 Å². The van der Waals surface area contributed by atoms with Crippen LogP contribution in [0.3, 0.4) is 0 Å². The number of nitrogens with one attached hydrogen (secondary N) is 5. The van der Waals surface area contributed by atoms with Gasteiger partial charge < -0.3 is 53.4 Å². The number of aromatic nitrogens is 9. The summed E-state index contributed by atoms with van der Waals surface area (Å²) in [7, 11) is 0. The number of thioether (sulfide) groups is 3. The summed E-state index contributed by atoms with van der Waals surface area (Å²) in [5.74, 6) is -0.719. The lowest BCUT2D eigenvalue weighted by Gasteiger charge is -2.12. The number of aliphatic carboxylic acids is 3. The largest absolute Gasteiger partial charge is 0.481 e. The molecule has 3 aromatic rings. The lowest BCUT2D eigenvalue weighted by atomic mass is 10.5. The Morgan fingerprint density at radius 1 is 0.490 bits per heavy atom. The molecule has 0 atom stereocenters.